The molecular formula is C14H19F4NO. The van der Waals surface area contributed by atoms with E-state index in [9.17, 15) is 22.7 Å². The fourth-order valence-electron chi connectivity index (χ4n) is 1.87. The summed E-state index contributed by atoms with van der Waals surface area (Å²) >= 11 is 0. The molecule has 0 unspecified atom stereocenters. The Morgan fingerprint density at radius 3 is 2.25 bits per heavy atom. The van der Waals surface area contributed by atoms with Crippen molar-refractivity contribution in [2.24, 2.45) is 11.7 Å². The van der Waals surface area contributed by atoms with Crippen molar-refractivity contribution in [3.8, 4) is 0 Å². The molecule has 0 aliphatic carbocycles. The first-order chi connectivity index (χ1) is 9.11. The molecule has 0 fully saturated rings. The quantitative estimate of drug-likeness (QED) is 0.814. The van der Waals surface area contributed by atoms with Crippen molar-refractivity contribution in [3.63, 3.8) is 0 Å². The number of rotatable bonds is 5. The van der Waals surface area contributed by atoms with Crippen LogP contribution in [0.15, 0.2) is 18.2 Å². The summed E-state index contributed by atoms with van der Waals surface area (Å²) in [5, 5.41) is 9.88. The van der Waals surface area contributed by atoms with Gasteiger partial charge >= 0.3 is 6.18 Å². The van der Waals surface area contributed by atoms with Crippen molar-refractivity contribution < 1.29 is 22.7 Å². The maximum atomic E-state index is 13.3. The van der Waals surface area contributed by atoms with E-state index in [1.165, 1.54) is 0 Å². The van der Waals surface area contributed by atoms with Crippen molar-refractivity contribution >= 4 is 0 Å². The number of aliphatic hydroxyl groups is 1. The summed E-state index contributed by atoms with van der Waals surface area (Å²) in [6.45, 7) is 3.92. The normalized spacial score (nSPS) is 15.4. The zero-order valence-electron chi connectivity index (χ0n) is 11.4. The van der Waals surface area contributed by atoms with Crippen molar-refractivity contribution in [2.75, 3.05) is 0 Å². The molecule has 20 heavy (non-hydrogen) atoms. The molecule has 3 N–H and O–H groups in total. The van der Waals surface area contributed by atoms with Crippen LogP contribution in [0, 0.1) is 11.7 Å². The monoisotopic (exact) mass is 293 g/mol. The topological polar surface area (TPSA) is 46.2 Å². The zero-order chi connectivity index (χ0) is 15.5. The average molecular weight is 293 g/mol. The van der Waals surface area contributed by atoms with Gasteiger partial charge < -0.3 is 10.8 Å². The molecule has 0 heterocycles. The number of aliphatic hydroxyl groups excluding tert-OH is 1. The number of halogens is 4. The molecule has 0 spiro atoms. The molecule has 0 radical (unpaired) electrons. The van der Waals surface area contributed by atoms with Crippen LogP contribution in [-0.4, -0.2) is 11.2 Å². The van der Waals surface area contributed by atoms with Gasteiger partial charge in [-0.1, -0.05) is 13.8 Å². The zero-order valence-corrected chi connectivity index (χ0v) is 11.4. The number of alkyl halides is 3. The van der Waals surface area contributed by atoms with E-state index in [-0.39, 0.29) is 5.56 Å². The molecule has 6 heteroatoms. The van der Waals surface area contributed by atoms with Gasteiger partial charge in [0, 0.05) is 0 Å². The minimum absolute atomic E-state index is 0.0476. The van der Waals surface area contributed by atoms with Gasteiger partial charge in [-0.05, 0) is 42.5 Å². The lowest BCUT2D eigenvalue weighted by Crippen LogP contribution is -2.27. The molecule has 1 aromatic carbocycles. The van der Waals surface area contributed by atoms with E-state index in [1.54, 1.807) is 0 Å². The van der Waals surface area contributed by atoms with Gasteiger partial charge in [0.15, 0.2) is 0 Å². The minimum Gasteiger partial charge on any atom is -0.391 e. The highest BCUT2D eigenvalue weighted by Gasteiger charge is 2.32. The predicted octanol–water partition coefficient (Wildman–Crippen LogP) is 3.64. The van der Waals surface area contributed by atoms with E-state index in [0.717, 1.165) is 12.1 Å². The number of hydrogen-bond acceptors (Lipinski definition) is 2. The fraction of sp³-hybridized carbons (Fsp3) is 0.571. The summed E-state index contributed by atoms with van der Waals surface area (Å²) in [6.07, 6.45) is -4.59. The Labute approximate surface area is 115 Å². The molecular weight excluding hydrogens is 274 g/mol. The molecule has 2 atom stereocenters. The van der Waals surface area contributed by atoms with Crippen LogP contribution in [0.3, 0.4) is 0 Å². The predicted molar refractivity (Wildman–Crippen MR) is 68.4 cm³/mol. The number of hydrogen-bond donors (Lipinski definition) is 2. The lowest BCUT2D eigenvalue weighted by Gasteiger charge is -2.21. The third kappa shape index (κ3) is 4.76. The van der Waals surface area contributed by atoms with Crippen LogP contribution in [0.5, 0.6) is 0 Å². The van der Waals surface area contributed by atoms with Gasteiger partial charge in [0.25, 0.3) is 0 Å². The average Bonchev–Trinajstić information content (AvgIpc) is 2.33. The second-order valence-corrected chi connectivity index (χ2v) is 5.34. The molecule has 0 amide bonds. The van der Waals surface area contributed by atoms with Crippen LogP contribution < -0.4 is 5.73 Å². The molecule has 0 aliphatic rings. The van der Waals surface area contributed by atoms with Crippen LogP contribution >= 0.6 is 0 Å². The lowest BCUT2D eigenvalue weighted by atomic mass is 9.95. The van der Waals surface area contributed by atoms with Gasteiger partial charge in [-0.2, -0.15) is 13.2 Å². The van der Waals surface area contributed by atoms with E-state index in [0.29, 0.717) is 24.8 Å². The smallest absolute Gasteiger partial charge is 0.391 e. The van der Waals surface area contributed by atoms with Gasteiger partial charge in [0.1, 0.15) is 5.82 Å². The van der Waals surface area contributed by atoms with Gasteiger partial charge in [-0.15, -0.1) is 0 Å². The van der Waals surface area contributed by atoms with Crippen LogP contribution in [-0.2, 0) is 6.18 Å². The van der Waals surface area contributed by atoms with Gasteiger partial charge in [0.2, 0.25) is 0 Å². The highest BCUT2D eigenvalue weighted by atomic mass is 19.4. The number of benzene rings is 1. The molecule has 114 valence electrons. The molecule has 0 bridgehead atoms. The second kappa shape index (κ2) is 6.54. The van der Waals surface area contributed by atoms with Crippen molar-refractivity contribution in [1.82, 2.24) is 0 Å². The summed E-state index contributed by atoms with van der Waals surface area (Å²) in [5.74, 6) is -0.670. The molecule has 1 aromatic rings. The van der Waals surface area contributed by atoms with Crippen LogP contribution in [0.2, 0.25) is 0 Å². The molecule has 0 saturated carbocycles. The van der Waals surface area contributed by atoms with Crippen molar-refractivity contribution in [3.05, 3.63) is 35.1 Å². The minimum atomic E-state index is -4.64. The Balaban J connectivity index is 2.92. The molecule has 0 aliphatic heterocycles. The fourth-order valence-corrected chi connectivity index (χ4v) is 1.87. The highest BCUT2D eigenvalue weighted by molar-refractivity contribution is 5.29. The third-order valence-corrected chi connectivity index (χ3v) is 3.09. The molecule has 2 nitrogen and oxygen atoms in total. The SMILES string of the molecule is CC(C)CC[C@H](O)[C@H](N)c1cc(F)cc(C(F)(F)F)c1. The first-order valence-corrected chi connectivity index (χ1v) is 6.42. The Kier molecular flexibility index (Phi) is 5.53. The molecule has 0 aromatic heterocycles. The Hall–Kier alpha value is -1.14. The summed E-state index contributed by atoms with van der Waals surface area (Å²) in [6, 6.07) is 1.09. The lowest BCUT2D eigenvalue weighted by molar-refractivity contribution is -0.137. The largest absolute Gasteiger partial charge is 0.416 e. The number of nitrogens with two attached hydrogens (primary N) is 1. The van der Waals surface area contributed by atoms with Gasteiger partial charge in [0.05, 0.1) is 17.7 Å². The third-order valence-electron chi connectivity index (χ3n) is 3.09. The summed E-state index contributed by atoms with van der Waals surface area (Å²) in [5.41, 5.74) is 4.58. The Morgan fingerprint density at radius 2 is 1.75 bits per heavy atom. The highest BCUT2D eigenvalue weighted by Crippen LogP contribution is 2.32. The second-order valence-electron chi connectivity index (χ2n) is 5.34. The molecule has 0 saturated heterocycles. The van der Waals surface area contributed by atoms with E-state index >= 15 is 0 Å². The maximum absolute atomic E-state index is 13.3. The Morgan fingerprint density at radius 1 is 1.15 bits per heavy atom. The van der Waals surface area contributed by atoms with Crippen molar-refractivity contribution in [1.29, 1.82) is 0 Å². The van der Waals surface area contributed by atoms with Crippen LogP contribution in [0.1, 0.15) is 43.9 Å². The first kappa shape index (κ1) is 16.9. The van der Waals surface area contributed by atoms with E-state index in [1.807, 2.05) is 13.8 Å². The van der Waals surface area contributed by atoms with Crippen molar-refractivity contribution in [2.45, 2.75) is 45.0 Å². The Bertz CT molecular complexity index is 445. The first-order valence-electron chi connectivity index (χ1n) is 6.42. The van der Waals surface area contributed by atoms with Crippen LogP contribution in [0.4, 0.5) is 17.6 Å². The van der Waals surface area contributed by atoms with E-state index in [2.05, 4.69) is 0 Å². The van der Waals surface area contributed by atoms with Gasteiger partial charge in [-0.25, -0.2) is 4.39 Å². The van der Waals surface area contributed by atoms with Gasteiger partial charge in [-0.3, -0.25) is 0 Å². The summed E-state index contributed by atoms with van der Waals surface area (Å²) < 4.78 is 51.0. The maximum Gasteiger partial charge on any atom is 0.416 e. The van der Waals surface area contributed by atoms with E-state index < -0.39 is 29.7 Å². The molecule has 1 rings (SSSR count). The van der Waals surface area contributed by atoms with E-state index in [4.69, 9.17) is 5.73 Å². The summed E-state index contributed by atoms with van der Waals surface area (Å²) in [4.78, 5) is 0. The summed E-state index contributed by atoms with van der Waals surface area (Å²) in [7, 11) is 0. The van der Waals surface area contributed by atoms with Crippen LogP contribution in [0.25, 0.3) is 0 Å². The standard InChI is InChI=1S/C14H19F4NO/c1-8(2)3-4-12(20)13(19)9-5-10(14(16,17)18)7-11(15)6-9/h5-8,12-13,20H,3-4,19H2,1-2H3/t12-,13+/m0/s1.